The molecule has 2 amide bonds. The number of hydrogen-bond donors (Lipinski definition) is 2. The second-order valence-corrected chi connectivity index (χ2v) is 7.66. The number of thiophene rings is 1. The van der Waals surface area contributed by atoms with Crippen molar-refractivity contribution in [2.24, 2.45) is 0 Å². The lowest BCUT2D eigenvalue weighted by Gasteiger charge is -2.14. The number of carbonyl (C=O) groups excluding carboxylic acids is 3. The molecule has 3 aromatic rings. The zero-order valence-electron chi connectivity index (χ0n) is 16.2. The summed E-state index contributed by atoms with van der Waals surface area (Å²) in [7, 11) is 0. The normalized spacial score (nSPS) is 11.7. The summed E-state index contributed by atoms with van der Waals surface area (Å²) in [5.41, 5.74) is 1.19. The minimum absolute atomic E-state index is 0.147. The molecule has 6 nitrogen and oxygen atoms in total. The highest BCUT2D eigenvalue weighted by atomic mass is 32.1. The second-order valence-electron chi connectivity index (χ2n) is 6.58. The molecule has 0 aliphatic rings. The van der Waals surface area contributed by atoms with Crippen LogP contribution in [-0.2, 0) is 9.53 Å². The Balaban J connectivity index is 1.59. The van der Waals surface area contributed by atoms with Gasteiger partial charge in [0.25, 0.3) is 5.91 Å². The van der Waals surface area contributed by atoms with Crippen LogP contribution in [0.2, 0.25) is 0 Å². The molecule has 0 aliphatic heterocycles. The molecule has 29 heavy (non-hydrogen) atoms. The maximum absolute atomic E-state index is 12.3. The smallest absolute Gasteiger partial charge is 0.348 e. The van der Waals surface area contributed by atoms with Crippen LogP contribution in [0, 0.1) is 0 Å². The molecular formula is C22H22N2O4S. The molecular weight excluding hydrogens is 388 g/mol. The van der Waals surface area contributed by atoms with Crippen LogP contribution in [0.5, 0.6) is 0 Å². The van der Waals surface area contributed by atoms with E-state index in [0.29, 0.717) is 22.7 Å². The summed E-state index contributed by atoms with van der Waals surface area (Å²) in [5.74, 6) is -0.759. The molecule has 3 rings (SSSR count). The van der Waals surface area contributed by atoms with Crippen molar-refractivity contribution in [1.29, 1.82) is 0 Å². The second kappa shape index (κ2) is 9.34. The number of amides is 2. The standard InChI is InChI=1S/C22H22N2O4S/c1-3-28-22(27)19-13-16-12-17(9-10-18(16)29-19)24-20(25)11-14(2)23-21(26)15-7-5-4-6-8-15/h4-10,12-14H,3,11H2,1-2H3,(H,23,26)(H,24,25). The first-order valence-corrected chi connectivity index (χ1v) is 10.1. The largest absolute Gasteiger partial charge is 0.462 e. The first-order chi connectivity index (χ1) is 14.0. The minimum atomic E-state index is -0.345. The molecule has 1 heterocycles. The van der Waals surface area contributed by atoms with Crippen LogP contribution >= 0.6 is 11.3 Å². The van der Waals surface area contributed by atoms with Crippen molar-refractivity contribution in [2.45, 2.75) is 26.3 Å². The number of anilines is 1. The molecule has 1 aromatic heterocycles. The van der Waals surface area contributed by atoms with E-state index in [9.17, 15) is 14.4 Å². The van der Waals surface area contributed by atoms with Crippen LogP contribution in [0.1, 0.15) is 40.3 Å². The van der Waals surface area contributed by atoms with Crippen LogP contribution in [0.25, 0.3) is 10.1 Å². The molecule has 1 atom stereocenters. The summed E-state index contributed by atoms with van der Waals surface area (Å²) in [6.07, 6.45) is 0.147. The molecule has 7 heteroatoms. The summed E-state index contributed by atoms with van der Waals surface area (Å²) in [6.45, 7) is 3.88. The molecule has 0 radical (unpaired) electrons. The van der Waals surface area contributed by atoms with E-state index < -0.39 is 0 Å². The third kappa shape index (κ3) is 5.42. The van der Waals surface area contributed by atoms with E-state index in [-0.39, 0.29) is 30.2 Å². The van der Waals surface area contributed by atoms with Gasteiger partial charge in [-0.15, -0.1) is 11.3 Å². The van der Waals surface area contributed by atoms with Gasteiger partial charge in [-0.25, -0.2) is 4.79 Å². The van der Waals surface area contributed by atoms with E-state index in [1.807, 2.05) is 18.2 Å². The maximum Gasteiger partial charge on any atom is 0.348 e. The summed E-state index contributed by atoms with van der Waals surface area (Å²) in [5, 5.41) is 6.52. The number of fused-ring (bicyclic) bond motifs is 1. The molecule has 0 saturated heterocycles. The monoisotopic (exact) mass is 410 g/mol. The van der Waals surface area contributed by atoms with Crippen molar-refractivity contribution >= 4 is 44.9 Å². The molecule has 0 spiro atoms. The van der Waals surface area contributed by atoms with E-state index in [4.69, 9.17) is 4.74 Å². The molecule has 1 unspecified atom stereocenters. The van der Waals surface area contributed by atoms with E-state index in [0.717, 1.165) is 10.1 Å². The number of nitrogens with one attached hydrogen (secondary N) is 2. The number of esters is 1. The zero-order chi connectivity index (χ0) is 20.8. The van der Waals surface area contributed by atoms with Crippen molar-refractivity contribution in [3.8, 4) is 0 Å². The van der Waals surface area contributed by atoms with Gasteiger partial charge in [0.05, 0.1) is 6.61 Å². The van der Waals surface area contributed by atoms with Gasteiger partial charge in [0, 0.05) is 28.4 Å². The molecule has 2 N–H and O–H groups in total. The first kappa shape index (κ1) is 20.5. The highest BCUT2D eigenvalue weighted by molar-refractivity contribution is 7.20. The van der Waals surface area contributed by atoms with Gasteiger partial charge in [-0.1, -0.05) is 18.2 Å². The Morgan fingerprint density at radius 1 is 1.07 bits per heavy atom. The van der Waals surface area contributed by atoms with Gasteiger partial charge >= 0.3 is 5.97 Å². The Bertz CT molecular complexity index is 1030. The van der Waals surface area contributed by atoms with Gasteiger partial charge in [-0.05, 0) is 55.6 Å². The fourth-order valence-corrected chi connectivity index (χ4v) is 3.80. The van der Waals surface area contributed by atoms with Crippen molar-refractivity contribution in [3.63, 3.8) is 0 Å². The predicted octanol–water partition coefficient (Wildman–Crippen LogP) is 4.23. The summed E-state index contributed by atoms with van der Waals surface area (Å²) < 4.78 is 5.97. The quantitative estimate of drug-likeness (QED) is 0.571. The maximum atomic E-state index is 12.3. The summed E-state index contributed by atoms with van der Waals surface area (Å²) >= 11 is 1.35. The number of rotatable bonds is 7. The van der Waals surface area contributed by atoms with Gasteiger partial charge in [-0.3, -0.25) is 9.59 Å². The van der Waals surface area contributed by atoms with Crippen molar-refractivity contribution in [1.82, 2.24) is 5.32 Å². The number of hydrogen-bond acceptors (Lipinski definition) is 5. The Hall–Kier alpha value is -3.19. The van der Waals surface area contributed by atoms with Crippen LogP contribution in [0.15, 0.2) is 54.6 Å². The lowest BCUT2D eigenvalue weighted by molar-refractivity contribution is -0.116. The van der Waals surface area contributed by atoms with E-state index in [1.165, 1.54) is 11.3 Å². The molecule has 0 bridgehead atoms. The molecule has 150 valence electrons. The lowest BCUT2D eigenvalue weighted by Crippen LogP contribution is -2.35. The van der Waals surface area contributed by atoms with Crippen LogP contribution in [-0.4, -0.2) is 30.4 Å². The first-order valence-electron chi connectivity index (χ1n) is 9.32. The SMILES string of the molecule is CCOC(=O)c1cc2cc(NC(=O)CC(C)NC(=O)c3ccccc3)ccc2s1. The fraction of sp³-hybridized carbons (Fsp3) is 0.227. The van der Waals surface area contributed by atoms with Gasteiger partial charge in [0.1, 0.15) is 4.88 Å². The van der Waals surface area contributed by atoms with E-state index in [1.54, 1.807) is 50.2 Å². The van der Waals surface area contributed by atoms with Gasteiger partial charge in [0.2, 0.25) is 5.91 Å². The van der Waals surface area contributed by atoms with Crippen LogP contribution < -0.4 is 10.6 Å². The number of carbonyl (C=O) groups is 3. The third-order valence-electron chi connectivity index (χ3n) is 4.18. The van der Waals surface area contributed by atoms with Gasteiger partial charge in [-0.2, -0.15) is 0 Å². The Morgan fingerprint density at radius 3 is 2.55 bits per heavy atom. The average molecular weight is 410 g/mol. The number of benzene rings is 2. The zero-order valence-corrected chi connectivity index (χ0v) is 17.0. The van der Waals surface area contributed by atoms with Gasteiger partial charge < -0.3 is 15.4 Å². The fourth-order valence-electron chi connectivity index (χ4n) is 2.86. The summed E-state index contributed by atoms with van der Waals surface area (Å²) in [4.78, 5) is 36.9. The predicted molar refractivity (Wildman–Crippen MR) is 114 cm³/mol. The van der Waals surface area contributed by atoms with Crippen molar-refractivity contribution in [2.75, 3.05) is 11.9 Å². The Morgan fingerprint density at radius 2 is 1.83 bits per heavy atom. The average Bonchev–Trinajstić information content (AvgIpc) is 3.12. The third-order valence-corrected chi connectivity index (χ3v) is 5.28. The molecule has 0 aliphatic carbocycles. The highest BCUT2D eigenvalue weighted by Gasteiger charge is 2.15. The lowest BCUT2D eigenvalue weighted by atomic mass is 10.1. The topological polar surface area (TPSA) is 84.5 Å². The summed E-state index contributed by atoms with van der Waals surface area (Å²) in [6, 6.07) is 15.8. The molecule has 0 fully saturated rings. The van der Waals surface area contributed by atoms with Gasteiger partial charge in [0.15, 0.2) is 0 Å². The Kier molecular flexibility index (Phi) is 6.61. The highest BCUT2D eigenvalue weighted by Crippen LogP contribution is 2.28. The van der Waals surface area contributed by atoms with Crippen LogP contribution in [0.3, 0.4) is 0 Å². The van der Waals surface area contributed by atoms with E-state index in [2.05, 4.69) is 10.6 Å². The Labute approximate surface area is 172 Å². The minimum Gasteiger partial charge on any atom is -0.462 e. The number of ether oxygens (including phenoxy) is 1. The molecule has 2 aromatic carbocycles. The van der Waals surface area contributed by atoms with Crippen molar-refractivity contribution in [3.05, 3.63) is 65.0 Å². The van der Waals surface area contributed by atoms with Crippen LogP contribution in [0.4, 0.5) is 5.69 Å². The van der Waals surface area contributed by atoms with Crippen molar-refractivity contribution < 1.29 is 19.1 Å². The van der Waals surface area contributed by atoms with E-state index >= 15 is 0 Å². The molecule has 0 saturated carbocycles.